The molecule has 3 rings (SSSR count). The second-order valence-corrected chi connectivity index (χ2v) is 5.09. The van der Waals surface area contributed by atoms with E-state index in [1.54, 1.807) is 12.1 Å². The minimum Gasteiger partial charge on any atom is -0.381 e. The zero-order chi connectivity index (χ0) is 15.4. The second-order valence-electron chi connectivity index (χ2n) is 5.09. The molecule has 1 aliphatic rings. The Bertz CT molecular complexity index is 653. The van der Waals surface area contributed by atoms with Crippen molar-refractivity contribution in [1.82, 2.24) is 15.5 Å². The quantitative estimate of drug-likeness (QED) is 0.909. The summed E-state index contributed by atoms with van der Waals surface area (Å²) < 4.78 is 23.9. The van der Waals surface area contributed by atoms with Crippen LogP contribution in [0.15, 0.2) is 28.8 Å². The maximum atomic E-state index is 13.5. The minimum atomic E-state index is -0.540. The molecular weight excluding hydrogens is 289 g/mol. The average molecular weight is 305 g/mol. The van der Waals surface area contributed by atoms with Crippen LogP contribution < -0.4 is 5.32 Å². The van der Waals surface area contributed by atoms with E-state index in [0.717, 1.165) is 6.42 Å². The first-order valence-corrected chi connectivity index (χ1v) is 7.17. The summed E-state index contributed by atoms with van der Waals surface area (Å²) in [5.74, 6) is 0.289. The van der Waals surface area contributed by atoms with Gasteiger partial charge in [-0.15, -0.1) is 0 Å². The maximum absolute atomic E-state index is 13.5. The van der Waals surface area contributed by atoms with Gasteiger partial charge in [-0.1, -0.05) is 17.3 Å². The highest BCUT2D eigenvalue weighted by Gasteiger charge is 2.23. The Balaban J connectivity index is 1.51. The molecule has 0 aliphatic carbocycles. The second kappa shape index (κ2) is 6.65. The molecule has 0 spiro atoms. The molecule has 1 N–H and O–H groups in total. The first-order valence-electron chi connectivity index (χ1n) is 7.17. The number of hydrogen-bond acceptors (Lipinski definition) is 5. The molecule has 1 atom stereocenters. The van der Waals surface area contributed by atoms with Crippen LogP contribution in [0.4, 0.5) is 4.39 Å². The van der Waals surface area contributed by atoms with Crippen molar-refractivity contribution in [3.63, 3.8) is 0 Å². The van der Waals surface area contributed by atoms with E-state index in [1.807, 2.05) is 0 Å². The fourth-order valence-electron chi connectivity index (χ4n) is 2.30. The topological polar surface area (TPSA) is 77.2 Å². The van der Waals surface area contributed by atoms with Gasteiger partial charge in [0, 0.05) is 25.5 Å². The molecule has 6 nitrogen and oxygen atoms in total. The van der Waals surface area contributed by atoms with Gasteiger partial charge in [0.05, 0.1) is 12.2 Å². The summed E-state index contributed by atoms with van der Waals surface area (Å²) in [5.41, 5.74) is 0.0248. The van der Waals surface area contributed by atoms with Gasteiger partial charge in [0.2, 0.25) is 5.89 Å². The summed E-state index contributed by atoms with van der Waals surface area (Å²) in [4.78, 5) is 16.1. The number of nitrogens with one attached hydrogen (secondary N) is 1. The number of rotatable bonds is 5. The number of ether oxygens (including phenoxy) is 1. The van der Waals surface area contributed by atoms with Crippen molar-refractivity contribution >= 4 is 5.91 Å². The van der Waals surface area contributed by atoms with Crippen LogP contribution in [0, 0.1) is 5.82 Å². The van der Waals surface area contributed by atoms with Gasteiger partial charge in [0.25, 0.3) is 5.91 Å². The van der Waals surface area contributed by atoms with Crippen LogP contribution in [0.3, 0.4) is 0 Å². The summed E-state index contributed by atoms with van der Waals surface area (Å²) in [7, 11) is 0. The van der Waals surface area contributed by atoms with Gasteiger partial charge in [-0.25, -0.2) is 4.39 Å². The molecule has 0 radical (unpaired) electrons. The zero-order valence-electron chi connectivity index (χ0n) is 11.9. The molecule has 2 heterocycles. The number of hydrogen-bond donors (Lipinski definition) is 1. The summed E-state index contributed by atoms with van der Waals surface area (Å²) in [5, 5.41) is 6.57. The van der Waals surface area contributed by atoms with Crippen molar-refractivity contribution in [2.24, 2.45) is 0 Å². The first-order chi connectivity index (χ1) is 10.7. The molecular formula is C15H16FN3O3. The Kier molecular flexibility index (Phi) is 4.43. The van der Waals surface area contributed by atoms with Gasteiger partial charge in [-0.3, -0.25) is 4.79 Å². The van der Waals surface area contributed by atoms with E-state index in [1.165, 1.54) is 12.1 Å². The molecule has 0 unspecified atom stereocenters. The molecule has 2 aromatic rings. The van der Waals surface area contributed by atoms with E-state index >= 15 is 0 Å². The Morgan fingerprint density at radius 3 is 3.05 bits per heavy atom. The Hall–Kier alpha value is -2.28. The molecule has 1 amide bonds. The SMILES string of the molecule is O=C(NCCc1nc([C@H]2CCOC2)no1)c1ccccc1F. The van der Waals surface area contributed by atoms with Gasteiger partial charge in [-0.2, -0.15) is 4.98 Å². The largest absolute Gasteiger partial charge is 0.381 e. The summed E-state index contributed by atoms with van der Waals surface area (Å²) in [6, 6.07) is 5.85. The monoisotopic (exact) mass is 305 g/mol. The molecule has 1 aromatic heterocycles. The van der Waals surface area contributed by atoms with Crippen molar-refractivity contribution < 1.29 is 18.4 Å². The first kappa shape index (κ1) is 14.6. The van der Waals surface area contributed by atoms with Gasteiger partial charge in [0.1, 0.15) is 5.82 Å². The van der Waals surface area contributed by atoms with E-state index < -0.39 is 11.7 Å². The zero-order valence-corrected chi connectivity index (χ0v) is 11.9. The predicted octanol–water partition coefficient (Wildman–Crippen LogP) is 1.69. The molecule has 7 heteroatoms. The van der Waals surface area contributed by atoms with Crippen LogP contribution >= 0.6 is 0 Å². The third kappa shape index (κ3) is 3.30. The average Bonchev–Trinajstić information content (AvgIpc) is 3.18. The third-order valence-corrected chi connectivity index (χ3v) is 3.52. The van der Waals surface area contributed by atoms with Crippen molar-refractivity contribution in [2.45, 2.75) is 18.8 Å². The van der Waals surface area contributed by atoms with Crippen molar-refractivity contribution in [3.05, 3.63) is 47.4 Å². The van der Waals surface area contributed by atoms with Crippen LogP contribution in [-0.2, 0) is 11.2 Å². The van der Waals surface area contributed by atoms with E-state index in [4.69, 9.17) is 9.26 Å². The number of carbonyl (C=O) groups excluding carboxylic acids is 1. The lowest BCUT2D eigenvalue weighted by atomic mass is 10.1. The molecule has 22 heavy (non-hydrogen) atoms. The highest BCUT2D eigenvalue weighted by atomic mass is 19.1. The number of carbonyl (C=O) groups is 1. The minimum absolute atomic E-state index is 0.0248. The molecule has 116 valence electrons. The van der Waals surface area contributed by atoms with E-state index in [9.17, 15) is 9.18 Å². The van der Waals surface area contributed by atoms with Crippen molar-refractivity contribution in [3.8, 4) is 0 Å². The fourth-order valence-corrected chi connectivity index (χ4v) is 2.30. The molecule has 0 saturated carbocycles. The number of halogens is 1. The Morgan fingerprint density at radius 1 is 1.41 bits per heavy atom. The summed E-state index contributed by atoms with van der Waals surface area (Å²) >= 11 is 0. The maximum Gasteiger partial charge on any atom is 0.254 e. The number of benzene rings is 1. The Morgan fingerprint density at radius 2 is 2.27 bits per heavy atom. The van der Waals surface area contributed by atoms with Gasteiger partial charge >= 0.3 is 0 Å². The summed E-state index contributed by atoms with van der Waals surface area (Å²) in [6.07, 6.45) is 1.30. The highest BCUT2D eigenvalue weighted by Crippen LogP contribution is 2.22. The molecule has 1 saturated heterocycles. The van der Waals surface area contributed by atoms with E-state index in [0.29, 0.717) is 37.9 Å². The lowest BCUT2D eigenvalue weighted by Crippen LogP contribution is -2.26. The standard InChI is InChI=1S/C15H16FN3O3/c16-12-4-2-1-3-11(12)15(20)17-7-5-13-18-14(19-22-13)10-6-8-21-9-10/h1-4,10H,5-9H2,(H,17,20)/t10-/m0/s1. The van der Waals surface area contributed by atoms with E-state index in [2.05, 4.69) is 15.5 Å². The van der Waals surface area contributed by atoms with Gasteiger partial charge in [0.15, 0.2) is 5.82 Å². The number of amides is 1. The number of aromatic nitrogens is 2. The van der Waals surface area contributed by atoms with Crippen molar-refractivity contribution in [1.29, 1.82) is 0 Å². The lowest BCUT2D eigenvalue weighted by Gasteiger charge is -2.04. The van der Waals surface area contributed by atoms with Crippen LogP contribution in [0.1, 0.15) is 34.4 Å². The lowest BCUT2D eigenvalue weighted by molar-refractivity contribution is 0.0949. The van der Waals surface area contributed by atoms with Gasteiger partial charge < -0.3 is 14.6 Å². The van der Waals surface area contributed by atoms with Crippen LogP contribution in [0.5, 0.6) is 0 Å². The molecule has 1 aromatic carbocycles. The molecule has 1 aliphatic heterocycles. The predicted molar refractivity (Wildman–Crippen MR) is 74.9 cm³/mol. The smallest absolute Gasteiger partial charge is 0.254 e. The van der Waals surface area contributed by atoms with E-state index in [-0.39, 0.29) is 11.5 Å². The number of nitrogens with zero attached hydrogens (tertiary/aromatic N) is 2. The van der Waals surface area contributed by atoms with Gasteiger partial charge in [-0.05, 0) is 18.6 Å². The normalized spacial score (nSPS) is 17.6. The molecule has 0 bridgehead atoms. The third-order valence-electron chi connectivity index (χ3n) is 3.52. The fraction of sp³-hybridized carbons (Fsp3) is 0.400. The van der Waals surface area contributed by atoms with Crippen molar-refractivity contribution in [2.75, 3.05) is 19.8 Å². The van der Waals surface area contributed by atoms with Crippen LogP contribution in [-0.4, -0.2) is 35.8 Å². The highest BCUT2D eigenvalue weighted by molar-refractivity contribution is 5.94. The van der Waals surface area contributed by atoms with Crippen LogP contribution in [0.25, 0.3) is 0 Å². The summed E-state index contributed by atoms with van der Waals surface area (Å²) in [6.45, 7) is 1.63. The Labute approximate surface area is 126 Å². The van der Waals surface area contributed by atoms with Crippen LogP contribution in [0.2, 0.25) is 0 Å². The molecule has 1 fully saturated rings.